The second-order valence-electron chi connectivity index (χ2n) is 5.29. The SMILES string of the molecule is CC(CCc1ccccc1)NS(=O)(=O)Cc1ccccc1. The zero-order valence-electron chi connectivity index (χ0n) is 12.2. The normalized spacial score (nSPS) is 13.0. The Labute approximate surface area is 127 Å². The molecule has 2 aromatic rings. The summed E-state index contributed by atoms with van der Waals surface area (Å²) in [5.41, 5.74) is 2.03. The Kier molecular flexibility index (Phi) is 5.53. The van der Waals surface area contributed by atoms with Crippen molar-refractivity contribution in [1.29, 1.82) is 0 Å². The van der Waals surface area contributed by atoms with Gasteiger partial charge in [-0.05, 0) is 30.9 Å². The van der Waals surface area contributed by atoms with E-state index in [0.29, 0.717) is 0 Å². The zero-order chi connectivity index (χ0) is 15.1. The van der Waals surface area contributed by atoms with E-state index in [1.54, 1.807) is 0 Å². The third-order valence-corrected chi connectivity index (χ3v) is 4.76. The maximum atomic E-state index is 12.1. The molecule has 3 nitrogen and oxygen atoms in total. The minimum absolute atomic E-state index is 0.0313. The average Bonchev–Trinajstić information content (AvgIpc) is 2.46. The second-order valence-corrected chi connectivity index (χ2v) is 7.04. The molecular weight excluding hydrogens is 282 g/mol. The maximum Gasteiger partial charge on any atom is 0.216 e. The van der Waals surface area contributed by atoms with E-state index < -0.39 is 10.0 Å². The van der Waals surface area contributed by atoms with Crippen LogP contribution in [0.4, 0.5) is 0 Å². The van der Waals surface area contributed by atoms with Crippen molar-refractivity contribution in [2.24, 2.45) is 0 Å². The number of hydrogen-bond donors (Lipinski definition) is 1. The number of hydrogen-bond acceptors (Lipinski definition) is 2. The third kappa shape index (κ3) is 5.69. The number of sulfonamides is 1. The highest BCUT2D eigenvalue weighted by Gasteiger charge is 2.15. The fourth-order valence-electron chi connectivity index (χ4n) is 2.23. The van der Waals surface area contributed by atoms with Gasteiger partial charge in [-0.25, -0.2) is 13.1 Å². The highest BCUT2D eigenvalue weighted by Crippen LogP contribution is 2.08. The lowest BCUT2D eigenvalue weighted by Crippen LogP contribution is -2.33. The van der Waals surface area contributed by atoms with Gasteiger partial charge in [-0.3, -0.25) is 0 Å². The molecule has 0 bridgehead atoms. The van der Waals surface area contributed by atoms with Gasteiger partial charge in [-0.2, -0.15) is 0 Å². The Morgan fingerprint density at radius 2 is 1.43 bits per heavy atom. The van der Waals surface area contributed by atoms with Crippen molar-refractivity contribution in [1.82, 2.24) is 4.72 Å². The van der Waals surface area contributed by atoms with Crippen molar-refractivity contribution < 1.29 is 8.42 Å². The van der Waals surface area contributed by atoms with E-state index >= 15 is 0 Å². The lowest BCUT2D eigenvalue weighted by Gasteiger charge is -2.14. The summed E-state index contributed by atoms with van der Waals surface area (Å²) in [5, 5.41) is 0. The van der Waals surface area contributed by atoms with Crippen molar-refractivity contribution in [3.8, 4) is 0 Å². The lowest BCUT2D eigenvalue weighted by molar-refractivity contribution is 0.546. The average molecular weight is 303 g/mol. The Bertz CT molecular complexity index is 639. The quantitative estimate of drug-likeness (QED) is 0.854. The van der Waals surface area contributed by atoms with Gasteiger partial charge >= 0.3 is 0 Å². The molecule has 0 saturated heterocycles. The molecule has 0 amide bonds. The van der Waals surface area contributed by atoms with E-state index in [2.05, 4.69) is 16.9 Å². The Morgan fingerprint density at radius 1 is 0.905 bits per heavy atom. The van der Waals surface area contributed by atoms with Gasteiger partial charge in [0.25, 0.3) is 0 Å². The number of nitrogens with one attached hydrogen (secondary N) is 1. The van der Waals surface area contributed by atoms with E-state index in [4.69, 9.17) is 0 Å². The van der Waals surface area contributed by atoms with E-state index in [0.717, 1.165) is 18.4 Å². The van der Waals surface area contributed by atoms with Crippen LogP contribution in [0.15, 0.2) is 60.7 Å². The smallest absolute Gasteiger partial charge is 0.212 e. The Morgan fingerprint density at radius 3 is 2.00 bits per heavy atom. The first-order valence-corrected chi connectivity index (χ1v) is 8.78. The molecule has 1 unspecified atom stereocenters. The van der Waals surface area contributed by atoms with Crippen LogP contribution in [0.3, 0.4) is 0 Å². The monoisotopic (exact) mass is 303 g/mol. The summed E-state index contributed by atoms with van der Waals surface area (Å²) in [6.07, 6.45) is 1.66. The maximum absolute atomic E-state index is 12.1. The van der Waals surface area contributed by atoms with Gasteiger partial charge in [0, 0.05) is 6.04 Å². The summed E-state index contributed by atoms with van der Waals surface area (Å²) in [6, 6.07) is 19.3. The Hall–Kier alpha value is -1.65. The highest BCUT2D eigenvalue weighted by atomic mass is 32.2. The van der Waals surface area contributed by atoms with Gasteiger partial charge in [0.1, 0.15) is 0 Å². The van der Waals surface area contributed by atoms with Crippen LogP contribution in [0.5, 0.6) is 0 Å². The third-order valence-electron chi connectivity index (χ3n) is 3.29. The minimum atomic E-state index is -3.29. The molecule has 4 heteroatoms. The molecule has 0 spiro atoms. The van der Waals surface area contributed by atoms with Crippen molar-refractivity contribution in [3.63, 3.8) is 0 Å². The molecule has 2 rings (SSSR count). The van der Waals surface area contributed by atoms with E-state index in [9.17, 15) is 8.42 Å². The largest absolute Gasteiger partial charge is 0.216 e. The summed E-state index contributed by atoms with van der Waals surface area (Å²) >= 11 is 0. The molecule has 112 valence electrons. The second kappa shape index (κ2) is 7.38. The van der Waals surface area contributed by atoms with Crippen LogP contribution in [0.1, 0.15) is 24.5 Å². The van der Waals surface area contributed by atoms with Crippen molar-refractivity contribution in [3.05, 3.63) is 71.8 Å². The van der Waals surface area contributed by atoms with Gasteiger partial charge < -0.3 is 0 Å². The van der Waals surface area contributed by atoms with E-state index in [1.165, 1.54) is 5.56 Å². The summed E-state index contributed by atoms with van der Waals surface area (Å²) < 4.78 is 27.0. The van der Waals surface area contributed by atoms with Gasteiger partial charge in [0.2, 0.25) is 10.0 Å². The Balaban J connectivity index is 1.85. The molecule has 0 saturated carbocycles. The van der Waals surface area contributed by atoms with Crippen LogP contribution in [-0.2, 0) is 22.2 Å². The molecule has 0 aliphatic heterocycles. The van der Waals surface area contributed by atoms with Gasteiger partial charge in [-0.15, -0.1) is 0 Å². The summed E-state index contributed by atoms with van der Waals surface area (Å²) in [5.74, 6) is 0.0313. The molecule has 0 radical (unpaired) electrons. The predicted molar refractivity (Wildman–Crippen MR) is 86.4 cm³/mol. The van der Waals surface area contributed by atoms with Crippen molar-refractivity contribution in [2.45, 2.75) is 31.6 Å². The molecule has 0 aliphatic rings. The molecule has 1 N–H and O–H groups in total. The van der Waals surface area contributed by atoms with Crippen LogP contribution in [0, 0.1) is 0 Å². The van der Waals surface area contributed by atoms with Crippen LogP contribution in [0.2, 0.25) is 0 Å². The van der Waals surface area contributed by atoms with Gasteiger partial charge in [0.05, 0.1) is 5.75 Å². The van der Waals surface area contributed by atoms with Crippen LogP contribution in [0.25, 0.3) is 0 Å². The number of aryl methyl sites for hydroxylation is 1. The molecule has 2 aromatic carbocycles. The minimum Gasteiger partial charge on any atom is -0.212 e. The first kappa shape index (κ1) is 15.7. The van der Waals surface area contributed by atoms with Crippen molar-refractivity contribution in [2.75, 3.05) is 0 Å². The molecule has 0 fully saturated rings. The number of rotatable bonds is 7. The molecule has 0 aliphatic carbocycles. The fraction of sp³-hybridized carbons (Fsp3) is 0.294. The predicted octanol–water partition coefficient (Wildman–Crippen LogP) is 3.13. The summed E-state index contributed by atoms with van der Waals surface area (Å²) in [4.78, 5) is 0. The fourth-order valence-corrected chi connectivity index (χ4v) is 3.67. The van der Waals surface area contributed by atoms with Crippen molar-refractivity contribution >= 4 is 10.0 Å². The molecule has 0 aromatic heterocycles. The number of benzene rings is 2. The van der Waals surface area contributed by atoms with Crippen LogP contribution < -0.4 is 4.72 Å². The highest BCUT2D eigenvalue weighted by molar-refractivity contribution is 7.88. The lowest BCUT2D eigenvalue weighted by atomic mass is 10.1. The zero-order valence-corrected chi connectivity index (χ0v) is 13.0. The summed E-state index contributed by atoms with van der Waals surface area (Å²) in [7, 11) is -3.29. The standard InChI is InChI=1S/C17H21NO2S/c1-15(12-13-16-8-4-2-5-9-16)18-21(19,20)14-17-10-6-3-7-11-17/h2-11,15,18H,12-14H2,1H3. The van der Waals surface area contributed by atoms with Crippen LogP contribution in [-0.4, -0.2) is 14.5 Å². The molecule has 0 heterocycles. The molecular formula is C17H21NO2S. The summed E-state index contributed by atoms with van der Waals surface area (Å²) in [6.45, 7) is 1.91. The first-order chi connectivity index (χ1) is 10.1. The van der Waals surface area contributed by atoms with Crippen LogP contribution >= 0.6 is 0 Å². The van der Waals surface area contributed by atoms with Gasteiger partial charge in [-0.1, -0.05) is 60.7 Å². The first-order valence-electron chi connectivity index (χ1n) is 7.13. The van der Waals surface area contributed by atoms with E-state index in [1.807, 2.05) is 55.5 Å². The molecule has 21 heavy (non-hydrogen) atoms. The molecule has 1 atom stereocenters. The van der Waals surface area contributed by atoms with Gasteiger partial charge in [0.15, 0.2) is 0 Å². The van der Waals surface area contributed by atoms with E-state index in [-0.39, 0.29) is 11.8 Å². The topological polar surface area (TPSA) is 46.2 Å².